The van der Waals surface area contributed by atoms with Gasteiger partial charge >= 0.3 is 12.3 Å². The van der Waals surface area contributed by atoms with Gasteiger partial charge in [0, 0.05) is 11.6 Å². The molecule has 0 aliphatic rings. The average molecular weight is 470 g/mol. The number of amides is 2. The number of nitrogens with one attached hydrogen (secondary N) is 1. The van der Waals surface area contributed by atoms with E-state index in [2.05, 4.69) is 10.3 Å². The first-order valence-corrected chi connectivity index (χ1v) is 9.84. The lowest BCUT2D eigenvalue weighted by molar-refractivity contribution is -0.137. The fourth-order valence-corrected chi connectivity index (χ4v) is 3.38. The van der Waals surface area contributed by atoms with Crippen molar-refractivity contribution >= 4 is 29.0 Å². The molecule has 4 aromatic rings. The molecule has 0 atom stereocenters. The van der Waals surface area contributed by atoms with Gasteiger partial charge in [-0.05, 0) is 48.0 Å². The molecule has 4 rings (SSSR count). The number of aliphatic hydroxyl groups is 1. The van der Waals surface area contributed by atoms with Gasteiger partial charge in [0.05, 0.1) is 28.9 Å². The quantitative estimate of drug-likeness (QED) is 0.403. The number of ether oxygens (including phenoxy) is 1. The second-order valence-electron chi connectivity index (χ2n) is 7.20. The Morgan fingerprint density at radius 1 is 1.06 bits per heavy atom. The Labute approximate surface area is 190 Å². The molecule has 4 N–H and O–H groups in total. The van der Waals surface area contributed by atoms with E-state index in [1.54, 1.807) is 30.3 Å². The number of aliphatic hydroxyl groups excluding tert-OH is 1. The number of nitrogens with zero attached hydrogens (tertiary/aromatic N) is 2. The number of nitrogens with two attached hydrogens (primary N) is 1. The predicted octanol–water partition coefficient (Wildman–Crippen LogP) is 4.25. The number of hydrogen-bond donors (Lipinski definition) is 3. The lowest BCUT2D eigenvalue weighted by Gasteiger charge is -2.12. The van der Waals surface area contributed by atoms with Crippen LogP contribution in [0.15, 0.2) is 66.7 Å². The summed E-state index contributed by atoms with van der Waals surface area (Å²) in [5.41, 5.74) is 5.83. The van der Waals surface area contributed by atoms with Crippen molar-refractivity contribution < 1.29 is 32.6 Å². The summed E-state index contributed by atoms with van der Waals surface area (Å²) in [4.78, 5) is 28.4. The van der Waals surface area contributed by atoms with Crippen molar-refractivity contribution in [1.29, 1.82) is 0 Å². The number of rotatable bonds is 5. The van der Waals surface area contributed by atoms with Crippen molar-refractivity contribution in [2.75, 3.05) is 5.32 Å². The Morgan fingerprint density at radius 2 is 1.82 bits per heavy atom. The van der Waals surface area contributed by atoms with E-state index in [0.29, 0.717) is 22.3 Å². The zero-order valence-electron chi connectivity index (χ0n) is 17.3. The van der Waals surface area contributed by atoms with Crippen LogP contribution in [0.2, 0.25) is 0 Å². The van der Waals surface area contributed by atoms with Crippen LogP contribution in [-0.2, 0) is 12.8 Å². The SMILES string of the molecule is NC(=O)Oc1cccc(-n2c(NC(=O)c3cccc(C(F)(F)F)c3)nc3cc(CO)ccc32)c1. The van der Waals surface area contributed by atoms with E-state index in [-0.39, 0.29) is 23.9 Å². The molecule has 11 heteroatoms. The maximum absolute atomic E-state index is 13.1. The summed E-state index contributed by atoms with van der Waals surface area (Å²) in [5.74, 6) is -0.674. The topological polar surface area (TPSA) is 119 Å². The Hall–Kier alpha value is -4.38. The lowest BCUT2D eigenvalue weighted by Crippen LogP contribution is -2.17. The number of halogens is 3. The van der Waals surface area contributed by atoms with Crippen LogP contribution in [0.1, 0.15) is 21.5 Å². The average Bonchev–Trinajstić information content (AvgIpc) is 3.15. The van der Waals surface area contributed by atoms with Crippen molar-refractivity contribution in [2.45, 2.75) is 12.8 Å². The number of imidazole rings is 1. The van der Waals surface area contributed by atoms with Crippen molar-refractivity contribution in [2.24, 2.45) is 5.73 Å². The minimum Gasteiger partial charge on any atom is -0.410 e. The number of carbonyl (C=O) groups is 2. The summed E-state index contributed by atoms with van der Waals surface area (Å²) in [7, 11) is 0. The van der Waals surface area contributed by atoms with Crippen LogP contribution in [0.5, 0.6) is 5.75 Å². The molecular formula is C23H17F3N4O4. The van der Waals surface area contributed by atoms with E-state index >= 15 is 0 Å². The van der Waals surface area contributed by atoms with E-state index in [9.17, 15) is 27.9 Å². The molecule has 34 heavy (non-hydrogen) atoms. The van der Waals surface area contributed by atoms with E-state index in [1.165, 1.54) is 22.8 Å². The summed E-state index contributed by atoms with van der Waals surface area (Å²) in [6.45, 7) is -0.239. The molecule has 0 bridgehead atoms. The number of fused-ring (bicyclic) bond motifs is 1. The Kier molecular flexibility index (Phi) is 5.95. The number of aromatic nitrogens is 2. The third-order valence-corrected chi connectivity index (χ3v) is 4.87. The van der Waals surface area contributed by atoms with E-state index in [1.807, 2.05) is 0 Å². The van der Waals surface area contributed by atoms with E-state index in [4.69, 9.17) is 10.5 Å². The van der Waals surface area contributed by atoms with E-state index < -0.39 is 23.7 Å². The zero-order valence-corrected chi connectivity index (χ0v) is 17.3. The van der Waals surface area contributed by atoms with Crippen LogP contribution >= 0.6 is 0 Å². The number of anilines is 1. The Balaban J connectivity index is 1.80. The highest BCUT2D eigenvalue weighted by Crippen LogP contribution is 2.31. The first-order valence-electron chi connectivity index (χ1n) is 9.84. The number of hydrogen-bond acceptors (Lipinski definition) is 5. The molecule has 0 saturated heterocycles. The second-order valence-corrected chi connectivity index (χ2v) is 7.20. The molecule has 8 nitrogen and oxygen atoms in total. The van der Waals surface area contributed by atoms with Gasteiger partial charge in [-0.15, -0.1) is 0 Å². The molecular weight excluding hydrogens is 453 g/mol. The van der Waals surface area contributed by atoms with Crippen LogP contribution in [0.4, 0.5) is 23.9 Å². The highest BCUT2D eigenvalue weighted by Gasteiger charge is 2.31. The lowest BCUT2D eigenvalue weighted by atomic mass is 10.1. The van der Waals surface area contributed by atoms with Crippen molar-refractivity contribution in [3.63, 3.8) is 0 Å². The Morgan fingerprint density at radius 3 is 2.53 bits per heavy atom. The molecule has 0 aliphatic carbocycles. The Bertz CT molecular complexity index is 1400. The first kappa shape index (κ1) is 22.8. The fraction of sp³-hybridized carbons (Fsp3) is 0.0870. The molecule has 2 amide bonds. The summed E-state index contributed by atoms with van der Waals surface area (Å²) in [6.07, 6.45) is -5.62. The van der Waals surface area contributed by atoms with Gasteiger partial charge in [-0.25, -0.2) is 9.78 Å². The minimum atomic E-state index is -4.61. The second kappa shape index (κ2) is 8.87. The standard InChI is InChI=1S/C23H17F3N4O4/c24-23(25,26)15-4-1-3-14(10-15)20(32)29-22-28-18-9-13(12-31)7-8-19(18)30(22)16-5-2-6-17(11-16)34-21(27)33/h1-11,31H,12H2,(H2,27,33)(H,28,29,32). The maximum atomic E-state index is 13.1. The van der Waals surface area contributed by atoms with Gasteiger partial charge in [0.25, 0.3) is 5.91 Å². The van der Waals surface area contributed by atoms with Gasteiger partial charge in [-0.2, -0.15) is 13.2 Å². The first-order chi connectivity index (χ1) is 16.2. The summed E-state index contributed by atoms with van der Waals surface area (Å²) in [6, 6.07) is 15.1. The molecule has 3 aromatic carbocycles. The number of carbonyl (C=O) groups excluding carboxylic acids is 2. The predicted molar refractivity (Wildman–Crippen MR) is 117 cm³/mol. The molecule has 1 aromatic heterocycles. The zero-order chi connectivity index (χ0) is 24.5. The summed E-state index contributed by atoms with van der Waals surface area (Å²) in [5, 5.41) is 12.0. The third kappa shape index (κ3) is 4.69. The number of benzene rings is 3. The van der Waals surface area contributed by atoms with Gasteiger partial charge in [0.1, 0.15) is 5.75 Å². The normalized spacial score (nSPS) is 11.4. The van der Waals surface area contributed by atoms with Crippen LogP contribution in [0.25, 0.3) is 16.7 Å². The van der Waals surface area contributed by atoms with Crippen LogP contribution in [0, 0.1) is 0 Å². The molecule has 0 spiro atoms. The monoisotopic (exact) mass is 470 g/mol. The van der Waals surface area contributed by atoms with Gasteiger partial charge in [0.15, 0.2) is 0 Å². The van der Waals surface area contributed by atoms with Crippen molar-refractivity contribution in [3.05, 3.63) is 83.4 Å². The van der Waals surface area contributed by atoms with Crippen LogP contribution in [0.3, 0.4) is 0 Å². The molecule has 0 fully saturated rings. The van der Waals surface area contributed by atoms with Crippen molar-refractivity contribution in [3.8, 4) is 11.4 Å². The fourth-order valence-electron chi connectivity index (χ4n) is 3.38. The number of primary amides is 1. The third-order valence-electron chi connectivity index (χ3n) is 4.87. The minimum absolute atomic E-state index is 0.00345. The number of alkyl halides is 3. The maximum Gasteiger partial charge on any atom is 0.416 e. The molecule has 0 aliphatic heterocycles. The molecule has 0 saturated carbocycles. The van der Waals surface area contributed by atoms with Gasteiger partial charge < -0.3 is 15.6 Å². The smallest absolute Gasteiger partial charge is 0.410 e. The molecule has 0 radical (unpaired) electrons. The van der Waals surface area contributed by atoms with Gasteiger partial charge in [0.2, 0.25) is 5.95 Å². The summed E-state index contributed by atoms with van der Waals surface area (Å²) >= 11 is 0. The van der Waals surface area contributed by atoms with Crippen molar-refractivity contribution in [1.82, 2.24) is 9.55 Å². The highest BCUT2D eigenvalue weighted by molar-refractivity contribution is 6.04. The highest BCUT2D eigenvalue weighted by atomic mass is 19.4. The van der Waals surface area contributed by atoms with Gasteiger partial charge in [-0.3, -0.25) is 14.7 Å². The van der Waals surface area contributed by atoms with Gasteiger partial charge in [-0.1, -0.05) is 18.2 Å². The summed E-state index contributed by atoms with van der Waals surface area (Å²) < 4.78 is 45.6. The molecule has 0 unspecified atom stereocenters. The van der Waals surface area contributed by atoms with Crippen LogP contribution < -0.4 is 15.8 Å². The largest absolute Gasteiger partial charge is 0.416 e. The van der Waals surface area contributed by atoms with Crippen LogP contribution in [-0.4, -0.2) is 26.7 Å². The molecule has 1 heterocycles. The van der Waals surface area contributed by atoms with E-state index in [0.717, 1.165) is 18.2 Å². The molecule has 174 valence electrons.